The summed E-state index contributed by atoms with van der Waals surface area (Å²) in [6, 6.07) is 0. The summed E-state index contributed by atoms with van der Waals surface area (Å²) in [6.45, 7) is 6.19. The maximum atomic E-state index is 12.1. The van der Waals surface area contributed by atoms with Gasteiger partial charge in [0.05, 0.1) is 11.8 Å². The minimum Gasteiger partial charge on any atom is -0.329 e. The van der Waals surface area contributed by atoms with Gasteiger partial charge in [-0.15, -0.1) is 0 Å². The molecule has 2 atom stereocenters. The van der Waals surface area contributed by atoms with E-state index in [1.54, 1.807) is 0 Å². The molecule has 5 heteroatoms. The highest BCUT2D eigenvalue weighted by Crippen LogP contribution is 2.39. The van der Waals surface area contributed by atoms with E-state index in [0.717, 1.165) is 32.2 Å². The molecule has 0 aromatic rings. The van der Waals surface area contributed by atoms with Crippen LogP contribution in [0.2, 0.25) is 13.1 Å². The van der Waals surface area contributed by atoms with Gasteiger partial charge in [-0.05, 0) is 32.9 Å². The van der Waals surface area contributed by atoms with Crippen molar-refractivity contribution in [3.8, 4) is 0 Å². The van der Waals surface area contributed by atoms with Gasteiger partial charge >= 0.3 is 0 Å². The lowest BCUT2D eigenvalue weighted by atomic mass is 10.00. The van der Waals surface area contributed by atoms with Gasteiger partial charge < -0.3 is 4.57 Å². The summed E-state index contributed by atoms with van der Waals surface area (Å²) in [4.78, 5) is 25.7. The molecule has 102 valence electrons. The monoisotopic (exact) mass is 268 g/mol. The summed E-state index contributed by atoms with van der Waals surface area (Å²) < 4.78 is 2.38. The molecule has 2 unspecified atom stereocenters. The Morgan fingerprint density at radius 3 is 2.28 bits per heavy atom. The van der Waals surface area contributed by atoms with E-state index in [0.29, 0.717) is 6.54 Å². The van der Waals surface area contributed by atoms with Crippen LogP contribution in [-0.2, 0) is 9.59 Å². The van der Waals surface area contributed by atoms with Crippen molar-refractivity contribution in [3.05, 3.63) is 0 Å². The summed E-state index contributed by atoms with van der Waals surface area (Å²) in [6.07, 6.45) is 3.80. The number of carbonyl (C=O) groups is 2. The highest BCUT2D eigenvalue weighted by molar-refractivity contribution is 6.52. The maximum absolute atomic E-state index is 12.1. The van der Waals surface area contributed by atoms with Gasteiger partial charge in [0.1, 0.15) is 8.96 Å². The number of amides is 2. The number of rotatable bonds is 5. The van der Waals surface area contributed by atoms with Crippen molar-refractivity contribution in [2.45, 2.75) is 38.8 Å². The minimum absolute atomic E-state index is 0.0229. The topological polar surface area (TPSA) is 40.6 Å². The Hall–Kier alpha value is -0.683. The first kappa shape index (κ1) is 13.7. The van der Waals surface area contributed by atoms with Gasteiger partial charge in [0.15, 0.2) is 0 Å². The number of likely N-dealkylation sites (tertiary alicyclic amines) is 1. The maximum Gasteiger partial charge on any atom is 0.233 e. The van der Waals surface area contributed by atoms with Crippen molar-refractivity contribution < 1.29 is 9.59 Å². The van der Waals surface area contributed by atoms with E-state index in [2.05, 4.69) is 24.7 Å². The fourth-order valence-electron chi connectivity index (χ4n) is 3.02. The molecule has 0 spiro atoms. The third-order valence-electron chi connectivity index (χ3n) is 4.46. The lowest BCUT2D eigenvalue weighted by Crippen LogP contribution is -2.36. The number of nitrogens with zero attached hydrogens (tertiary/aromatic N) is 2. The van der Waals surface area contributed by atoms with Gasteiger partial charge in [-0.2, -0.15) is 0 Å². The molecule has 4 nitrogen and oxygen atoms in total. The van der Waals surface area contributed by atoms with E-state index in [1.807, 2.05) is 0 Å². The highest BCUT2D eigenvalue weighted by Gasteiger charge is 2.49. The van der Waals surface area contributed by atoms with Gasteiger partial charge in [-0.3, -0.25) is 14.5 Å². The van der Waals surface area contributed by atoms with E-state index < -0.39 is 8.96 Å². The zero-order chi connectivity index (χ0) is 13.3. The van der Waals surface area contributed by atoms with Gasteiger partial charge in [0.25, 0.3) is 0 Å². The molecule has 1 aliphatic heterocycles. The minimum atomic E-state index is -0.736. The summed E-state index contributed by atoms with van der Waals surface area (Å²) in [5, 5.41) is 0. The zero-order valence-corrected chi connectivity index (χ0v) is 12.8. The van der Waals surface area contributed by atoms with Crippen LogP contribution in [0, 0.1) is 11.8 Å². The Labute approximate surface area is 111 Å². The van der Waals surface area contributed by atoms with E-state index in [1.165, 1.54) is 4.90 Å². The molecule has 1 heterocycles. The fraction of sp³-hybridized carbons (Fsp3) is 0.846. The SMILES string of the molecule is CN(CCCN1C(=O)C2CCCC2C1=O)[SiH](C)C. The van der Waals surface area contributed by atoms with Gasteiger partial charge in [-0.1, -0.05) is 19.5 Å². The Balaban J connectivity index is 1.83. The molecule has 0 bridgehead atoms. The number of hydrogen-bond donors (Lipinski definition) is 0. The molecule has 1 saturated carbocycles. The van der Waals surface area contributed by atoms with Crippen molar-refractivity contribution in [2.24, 2.45) is 11.8 Å². The van der Waals surface area contributed by atoms with Crippen molar-refractivity contribution in [3.63, 3.8) is 0 Å². The Morgan fingerprint density at radius 2 is 1.78 bits per heavy atom. The quantitative estimate of drug-likeness (QED) is 0.553. The fourth-order valence-corrected chi connectivity index (χ4v) is 3.72. The zero-order valence-electron chi connectivity index (χ0n) is 11.7. The number of fused-ring (bicyclic) bond motifs is 1. The summed E-state index contributed by atoms with van der Waals surface area (Å²) >= 11 is 0. The first-order valence-electron chi connectivity index (χ1n) is 7.08. The molecule has 1 saturated heterocycles. The second-order valence-corrected chi connectivity index (χ2v) is 8.97. The Kier molecular flexibility index (Phi) is 4.22. The molecule has 1 aliphatic carbocycles. The van der Waals surface area contributed by atoms with Gasteiger partial charge in [0.2, 0.25) is 11.8 Å². The summed E-state index contributed by atoms with van der Waals surface area (Å²) in [5.41, 5.74) is 0. The molecule has 2 amide bonds. The van der Waals surface area contributed by atoms with Crippen molar-refractivity contribution in [1.29, 1.82) is 0 Å². The first-order valence-corrected chi connectivity index (χ1v) is 9.90. The second kappa shape index (κ2) is 5.53. The van der Waals surface area contributed by atoms with Crippen LogP contribution in [0.25, 0.3) is 0 Å². The Morgan fingerprint density at radius 1 is 1.22 bits per heavy atom. The number of imide groups is 1. The lowest BCUT2D eigenvalue weighted by molar-refractivity contribution is -0.140. The average molecular weight is 268 g/mol. The van der Waals surface area contributed by atoms with Crippen molar-refractivity contribution >= 4 is 20.8 Å². The smallest absolute Gasteiger partial charge is 0.233 e. The normalized spacial score (nSPS) is 27.7. The number of hydrogen-bond acceptors (Lipinski definition) is 3. The molecule has 0 aromatic carbocycles. The van der Waals surface area contributed by atoms with Crippen LogP contribution in [-0.4, -0.2) is 50.4 Å². The summed E-state index contributed by atoms with van der Waals surface area (Å²) in [7, 11) is 1.40. The number of carbonyl (C=O) groups excluding carboxylic acids is 2. The van der Waals surface area contributed by atoms with Crippen LogP contribution in [0.1, 0.15) is 25.7 Å². The molecule has 2 rings (SSSR count). The molecule has 0 radical (unpaired) electrons. The largest absolute Gasteiger partial charge is 0.329 e. The van der Waals surface area contributed by atoms with Crippen LogP contribution in [0.15, 0.2) is 0 Å². The highest BCUT2D eigenvalue weighted by atomic mass is 28.3. The molecule has 0 aromatic heterocycles. The molecule has 0 N–H and O–H groups in total. The lowest BCUT2D eigenvalue weighted by Gasteiger charge is -2.22. The van der Waals surface area contributed by atoms with E-state index in [9.17, 15) is 9.59 Å². The summed E-state index contributed by atoms with van der Waals surface area (Å²) in [5.74, 6) is 0.253. The molecule has 2 aliphatic rings. The standard InChI is InChI=1S/C13H24N2O2Si/c1-14(18(2)3)8-5-9-15-12(16)10-6-4-7-11(10)13(15)17/h10-11,18H,4-9H2,1-3H3. The second-order valence-electron chi connectivity index (χ2n) is 5.90. The van der Waals surface area contributed by atoms with E-state index in [-0.39, 0.29) is 23.7 Å². The van der Waals surface area contributed by atoms with E-state index >= 15 is 0 Å². The van der Waals surface area contributed by atoms with Crippen molar-refractivity contribution in [1.82, 2.24) is 9.47 Å². The molecule has 18 heavy (non-hydrogen) atoms. The van der Waals surface area contributed by atoms with Crippen LogP contribution in [0.4, 0.5) is 0 Å². The molecular formula is C13H24N2O2Si. The average Bonchev–Trinajstić information content (AvgIpc) is 2.88. The molecular weight excluding hydrogens is 244 g/mol. The van der Waals surface area contributed by atoms with Crippen LogP contribution < -0.4 is 0 Å². The third kappa shape index (κ3) is 2.52. The predicted octanol–water partition coefficient (Wildman–Crippen LogP) is 1.08. The van der Waals surface area contributed by atoms with E-state index in [4.69, 9.17) is 0 Å². The van der Waals surface area contributed by atoms with Crippen LogP contribution in [0.3, 0.4) is 0 Å². The molecule has 2 fully saturated rings. The first-order chi connectivity index (χ1) is 8.52. The van der Waals surface area contributed by atoms with Gasteiger partial charge in [0, 0.05) is 6.54 Å². The Bertz CT molecular complexity index is 324. The van der Waals surface area contributed by atoms with Crippen LogP contribution in [0.5, 0.6) is 0 Å². The predicted molar refractivity (Wildman–Crippen MR) is 73.7 cm³/mol. The van der Waals surface area contributed by atoms with Gasteiger partial charge in [-0.25, -0.2) is 0 Å². The van der Waals surface area contributed by atoms with Crippen molar-refractivity contribution in [2.75, 3.05) is 20.1 Å². The third-order valence-corrected chi connectivity index (χ3v) is 6.48. The van der Waals surface area contributed by atoms with Crippen LogP contribution >= 0.6 is 0 Å².